The molecule has 0 aliphatic carbocycles. The van der Waals surface area contributed by atoms with Gasteiger partial charge in [0.1, 0.15) is 24.4 Å². The van der Waals surface area contributed by atoms with Crippen molar-refractivity contribution < 1.29 is 38.9 Å². The van der Waals surface area contributed by atoms with Gasteiger partial charge < -0.3 is 40.1 Å². The Labute approximate surface area is 240 Å². The normalized spacial score (nSPS) is 36.3. The molecule has 5 heterocycles. The Balaban J connectivity index is 1.43. The number of piperazine rings is 1. The molecule has 4 amide bonds. The van der Waals surface area contributed by atoms with Crippen LogP contribution < -0.4 is 10.6 Å². The summed E-state index contributed by atoms with van der Waals surface area (Å²) in [6.07, 6.45) is -2.33. The van der Waals surface area contributed by atoms with Crippen molar-refractivity contribution >= 4 is 23.6 Å². The lowest BCUT2D eigenvalue weighted by Gasteiger charge is -2.43. The highest BCUT2D eigenvalue weighted by Gasteiger charge is 2.48. The Bertz CT molecular complexity index is 1010. The summed E-state index contributed by atoms with van der Waals surface area (Å²) >= 11 is 0. The molecule has 5 aliphatic rings. The van der Waals surface area contributed by atoms with Crippen LogP contribution in [0.1, 0.15) is 52.9 Å². The quantitative estimate of drug-likeness (QED) is 0.296. The fraction of sp³-hybridized carbons (Fsp3) is 0.857. The number of hydrogen-bond acceptors (Lipinski definition) is 9. The van der Waals surface area contributed by atoms with Crippen molar-refractivity contribution in [3.8, 4) is 0 Å². The summed E-state index contributed by atoms with van der Waals surface area (Å²) in [7, 11) is 0. The molecule has 0 aromatic rings. The fourth-order valence-corrected chi connectivity index (χ4v) is 6.85. The van der Waals surface area contributed by atoms with Crippen molar-refractivity contribution in [2.45, 2.75) is 101 Å². The molecule has 230 valence electrons. The van der Waals surface area contributed by atoms with Crippen LogP contribution in [0.5, 0.6) is 0 Å². The number of carbonyl (C=O) groups excluding carboxylic acids is 4. The third-order valence-electron chi connectivity index (χ3n) is 8.97. The second-order valence-corrected chi connectivity index (χ2v) is 13.3. The number of hydrogen-bond donors (Lipinski definition) is 4. The SMILES string of the molecule is CC(C)(C)CC(=O)N1CCN2C[C@H]1C(=O)NC[C@H]1O[C@@H](CC(=O)N[C@H]3C[C@@H](C2=O)N(C2CCOCC2)C3)[C@H](O)[C@@H]1O. The van der Waals surface area contributed by atoms with Crippen LogP contribution >= 0.6 is 0 Å². The number of nitrogens with zero attached hydrogens (tertiary/aromatic N) is 3. The van der Waals surface area contributed by atoms with Gasteiger partial charge in [-0.25, -0.2) is 0 Å². The second-order valence-electron chi connectivity index (χ2n) is 13.3. The first kappa shape index (κ1) is 30.1. The van der Waals surface area contributed by atoms with Gasteiger partial charge in [-0.1, -0.05) is 20.8 Å². The van der Waals surface area contributed by atoms with Gasteiger partial charge >= 0.3 is 0 Å². The number of nitrogens with one attached hydrogen (secondary N) is 2. The van der Waals surface area contributed by atoms with E-state index in [2.05, 4.69) is 15.5 Å². The monoisotopic (exact) mass is 579 g/mol. The Morgan fingerprint density at radius 2 is 1.71 bits per heavy atom. The number of amides is 4. The van der Waals surface area contributed by atoms with Crippen LogP contribution in [-0.2, 0) is 28.7 Å². The molecule has 7 atom stereocenters. The van der Waals surface area contributed by atoms with Crippen molar-refractivity contribution in [2.24, 2.45) is 5.41 Å². The summed E-state index contributed by atoms with van der Waals surface area (Å²) < 4.78 is 11.4. The van der Waals surface area contributed by atoms with E-state index in [9.17, 15) is 29.4 Å². The molecule has 5 aliphatic heterocycles. The van der Waals surface area contributed by atoms with Crippen LogP contribution in [0, 0.1) is 5.41 Å². The molecule has 5 saturated heterocycles. The highest BCUT2D eigenvalue weighted by molar-refractivity contribution is 5.90. The second kappa shape index (κ2) is 12.1. The number of aliphatic hydroxyl groups excluding tert-OH is 2. The molecule has 0 aromatic heterocycles. The zero-order chi connectivity index (χ0) is 29.5. The first-order valence-corrected chi connectivity index (χ1v) is 14.9. The summed E-state index contributed by atoms with van der Waals surface area (Å²) in [6.45, 7) is 8.09. The maximum absolute atomic E-state index is 14.1. The molecule has 5 fully saturated rings. The van der Waals surface area contributed by atoms with Gasteiger partial charge in [0.2, 0.25) is 23.6 Å². The summed E-state index contributed by atoms with van der Waals surface area (Å²) in [5.41, 5.74) is -0.278. The third-order valence-corrected chi connectivity index (χ3v) is 8.97. The van der Waals surface area contributed by atoms with E-state index in [-0.39, 0.29) is 67.7 Å². The predicted molar refractivity (Wildman–Crippen MR) is 145 cm³/mol. The standard InChI is InChI=1S/C28H45N5O8/c1-28(2,3)12-23(35)32-7-6-31-15-19(32)26(38)29-13-21-25(37)24(36)20(41-21)11-22(34)30-16-10-18(27(31)39)33(14-16)17-4-8-40-9-5-17/h16-21,24-25,36-37H,4-15H2,1-3H3,(H,29,38)(H,30,34)/t16-,18-,19-,20-,21+,24-,25+/m0/s1. The maximum Gasteiger partial charge on any atom is 0.244 e. The molecule has 0 spiro atoms. The average molecular weight is 580 g/mol. The van der Waals surface area contributed by atoms with E-state index in [1.807, 2.05) is 20.8 Å². The van der Waals surface area contributed by atoms with Crippen molar-refractivity contribution in [1.82, 2.24) is 25.3 Å². The van der Waals surface area contributed by atoms with Crippen molar-refractivity contribution in [3.05, 3.63) is 0 Å². The topological polar surface area (TPSA) is 161 Å². The summed E-state index contributed by atoms with van der Waals surface area (Å²) in [4.78, 5) is 59.3. The highest BCUT2D eigenvalue weighted by Crippen LogP contribution is 2.30. The molecule has 0 saturated carbocycles. The summed E-state index contributed by atoms with van der Waals surface area (Å²) in [5.74, 6) is -1.03. The molecular weight excluding hydrogens is 534 g/mol. The van der Waals surface area contributed by atoms with Gasteiger partial charge in [0.05, 0.1) is 25.1 Å². The van der Waals surface area contributed by atoms with Gasteiger partial charge in [-0.05, 0) is 24.7 Å². The van der Waals surface area contributed by atoms with Gasteiger partial charge in [-0.3, -0.25) is 24.1 Å². The summed E-state index contributed by atoms with van der Waals surface area (Å²) in [6, 6.07) is -1.52. The largest absolute Gasteiger partial charge is 0.388 e. The van der Waals surface area contributed by atoms with Crippen LogP contribution in [0.25, 0.3) is 0 Å². The average Bonchev–Trinajstić information content (AvgIpc) is 3.46. The van der Waals surface area contributed by atoms with Crippen LogP contribution in [0.3, 0.4) is 0 Å². The molecular formula is C28H45N5O8. The van der Waals surface area contributed by atoms with Crippen molar-refractivity contribution in [3.63, 3.8) is 0 Å². The van der Waals surface area contributed by atoms with E-state index in [4.69, 9.17) is 9.47 Å². The smallest absolute Gasteiger partial charge is 0.244 e. The molecule has 0 radical (unpaired) electrons. The van der Waals surface area contributed by atoms with E-state index in [1.54, 1.807) is 9.80 Å². The van der Waals surface area contributed by atoms with Gasteiger partial charge in [0, 0.05) is 57.9 Å². The number of carbonyl (C=O) groups is 4. The van der Waals surface area contributed by atoms with Crippen molar-refractivity contribution in [2.75, 3.05) is 45.9 Å². The van der Waals surface area contributed by atoms with Crippen molar-refractivity contribution in [1.29, 1.82) is 0 Å². The minimum absolute atomic E-state index is 0.0506. The van der Waals surface area contributed by atoms with E-state index < -0.39 is 42.4 Å². The Kier molecular flexibility index (Phi) is 8.91. The van der Waals surface area contributed by atoms with E-state index in [1.165, 1.54) is 0 Å². The molecule has 0 unspecified atom stereocenters. The Hall–Kier alpha value is -2.32. The molecule has 5 rings (SSSR count). The van der Waals surface area contributed by atoms with Gasteiger partial charge in [-0.15, -0.1) is 0 Å². The zero-order valence-electron chi connectivity index (χ0n) is 24.3. The van der Waals surface area contributed by atoms with Gasteiger partial charge in [-0.2, -0.15) is 0 Å². The van der Waals surface area contributed by atoms with Crippen LogP contribution in [-0.4, -0.2) is 143 Å². The first-order chi connectivity index (χ1) is 19.4. The Morgan fingerprint density at radius 3 is 2.41 bits per heavy atom. The lowest BCUT2D eigenvalue weighted by atomic mass is 9.91. The first-order valence-electron chi connectivity index (χ1n) is 14.9. The van der Waals surface area contributed by atoms with Crippen LogP contribution in [0.4, 0.5) is 0 Å². The molecule has 41 heavy (non-hydrogen) atoms. The van der Waals surface area contributed by atoms with E-state index in [0.29, 0.717) is 32.7 Å². The molecule has 13 nitrogen and oxygen atoms in total. The number of aliphatic hydroxyl groups is 2. The minimum Gasteiger partial charge on any atom is -0.388 e. The maximum atomic E-state index is 14.1. The number of fused-ring (bicyclic) bond motifs is 6. The minimum atomic E-state index is -1.29. The van der Waals surface area contributed by atoms with Crippen LogP contribution in [0.15, 0.2) is 0 Å². The number of ether oxygens (including phenoxy) is 2. The summed E-state index contributed by atoms with van der Waals surface area (Å²) in [5, 5.41) is 27.0. The molecule has 0 aromatic carbocycles. The molecule has 4 N–H and O–H groups in total. The number of rotatable bonds is 2. The lowest BCUT2D eigenvalue weighted by Crippen LogP contribution is -2.64. The predicted octanol–water partition coefficient (Wildman–Crippen LogP) is -1.79. The number of likely N-dealkylation sites (tertiary alicyclic amines) is 1. The third kappa shape index (κ3) is 6.69. The fourth-order valence-electron chi connectivity index (χ4n) is 6.85. The zero-order valence-corrected chi connectivity index (χ0v) is 24.3. The molecule has 13 heteroatoms. The molecule has 6 bridgehead atoms. The van der Waals surface area contributed by atoms with Gasteiger partial charge in [0.25, 0.3) is 0 Å². The van der Waals surface area contributed by atoms with Crippen LogP contribution in [0.2, 0.25) is 0 Å². The highest BCUT2D eigenvalue weighted by atomic mass is 16.5. The van der Waals surface area contributed by atoms with E-state index >= 15 is 0 Å². The van der Waals surface area contributed by atoms with Gasteiger partial charge in [0.15, 0.2) is 0 Å². The van der Waals surface area contributed by atoms with E-state index in [0.717, 1.165) is 12.8 Å². The Morgan fingerprint density at radius 1 is 1.00 bits per heavy atom. The lowest BCUT2D eigenvalue weighted by molar-refractivity contribution is -0.151.